The summed E-state index contributed by atoms with van der Waals surface area (Å²) in [6.45, 7) is 0. The fourth-order valence-electron chi connectivity index (χ4n) is 1.57. The first-order chi connectivity index (χ1) is 8.49. The van der Waals surface area contributed by atoms with E-state index >= 15 is 0 Å². The summed E-state index contributed by atoms with van der Waals surface area (Å²) in [5, 5.41) is 10.2. The third-order valence-electron chi connectivity index (χ3n) is 2.44. The van der Waals surface area contributed by atoms with E-state index in [1.165, 1.54) is 12.1 Å². The van der Waals surface area contributed by atoms with Gasteiger partial charge >= 0.3 is 5.97 Å². The number of hydrogen-bond donors (Lipinski definition) is 1. The quantitative estimate of drug-likeness (QED) is 0.846. The van der Waals surface area contributed by atoms with Crippen LogP contribution in [-0.4, -0.2) is 11.1 Å². The molecule has 2 nitrogen and oxygen atoms in total. The molecular weight excluding hydrogens is 294 g/mol. The average molecular weight is 302 g/mol. The SMILES string of the molecule is O=C(O)c1ccc(-c2ccc(Cl)cc2Cl)c(Cl)c1. The van der Waals surface area contributed by atoms with Crippen molar-refractivity contribution >= 4 is 40.8 Å². The average Bonchev–Trinajstić information content (AvgIpc) is 2.30. The van der Waals surface area contributed by atoms with Gasteiger partial charge in [0.15, 0.2) is 0 Å². The standard InChI is InChI=1S/C13H7Cl3O2/c14-8-2-4-10(12(16)6-8)9-3-1-7(13(17)18)5-11(9)15/h1-6H,(H,17,18). The highest BCUT2D eigenvalue weighted by atomic mass is 35.5. The molecule has 0 radical (unpaired) electrons. The van der Waals surface area contributed by atoms with Crippen LogP contribution >= 0.6 is 34.8 Å². The molecule has 0 aliphatic heterocycles. The Morgan fingerprint density at radius 3 is 1.94 bits per heavy atom. The maximum atomic E-state index is 10.8. The Balaban J connectivity index is 2.54. The molecule has 0 aliphatic carbocycles. The number of carboxylic acid groups (broad SMARTS) is 1. The van der Waals surface area contributed by atoms with Crippen LogP contribution in [0, 0.1) is 0 Å². The van der Waals surface area contributed by atoms with Gasteiger partial charge in [-0.2, -0.15) is 0 Å². The van der Waals surface area contributed by atoms with E-state index in [9.17, 15) is 4.79 Å². The van der Waals surface area contributed by atoms with Crippen molar-refractivity contribution in [3.8, 4) is 11.1 Å². The number of carbonyl (C=O) groups is 1. The Morgan fingerprint density at radius 1 is 0.889 bits per heavy atom. The van der Waals surface area contributed by atoms with Crippen molar-refractivity contribution in [1.29, 1.82) is 0 Å². The van der Waals surface area contributed by atoms with Crippen LogP contribution < -0.4 is 0 Å². The van der Waals surface area contributed by atoms with E-state index in [4.69, 9.17) is 39.9 Å². The first-order valence-corrected chi connectivity index (χ1v) is 6.10. The molecule has 0 unspecified atom stereocenters. The van der Waals surface area contributed by atoms with E-state index in [0.717, 1.165) is 0 Å². The first-order valence-electron chi connectivity index (χ1n) is 4.97. The van der Waals surface area contributed by atoms with Crippen LogP contribution in [0.1, 0.15) is 10.4 Å². The normalized spacial score (nSPS) is 10.4. The molecule has 0 atom stereocenters. The molecule has 2 aromatic rings. The molecule has 92 valence electrons. The van der Waals surface area contributed by atoms with E-state index in [2.05, 4.69) is 0 Å². The van der Waals surface area contributed by atoms with E-state index in [1.54, 1.807) is 24.3 Å². The highest BCUT2D eigenvalue weighted by Gasteiger charge is 2.11. The van der Waals surface area contributed by atoms with Crippen LogP contribution in [0.25, 0.3) is 11.1 Å². The summed E-state index contributed by atoms with van der Waals surface area (Å²) in [5.74, 6) is -1.02. The van der Waals surface area contributed by atoms with Crippen LogP contribution in [0.3, 0.4) is 0 Å². The molecular formula is C13H7Cl3O2. The van der Waals surface area contributed by atoms with Crippen molar-refractivity contribution in [2.45, 2.75) is 0 Å². The topological polar surface area (TPSA) is 37.3 Å². The van der Waals surface area contributed by atoms with Gasteiger partial charge in [-0.05, 0) is 24.3 Å². The van der Waals surface area contributed by atoms with Gasteiger partial charge in [-0.3, -0.25) is 0 Å². The van der Waals surface area contributed by atoms with Crippen LogP contribution in [0.15, 0.2) is 36.4 Å². The number of aromatic carboxylic acids is 1. The number of halogens is 3. The lowest BCUT2D eigenvalue weighted by atomic mass is 10.0. The summed E-state index contributed by atoms with van der Waals surface area (Å²) in [7, 11) is 0. The molecule has 18 heavy (non-hydrogen) atoms. The van der Waals surface area contributed by atoms with Crippen molar-refractivity contribution in [3.63, 3.8) is 0 Å². The fourth-order valence-corrected chi connectivity index (χ4v) is 2.37. The lowest BCUT2D eigenvalue weighted by Gasteiger charge is -2.08. The predicted octanol–water partition coefficient (Wildman–Crippen LogP) is 5.01. The maximum Gasteiger partial charge on any atom is 0.335 e. The van der Waals surface area contributed by atoms with Crippen LogP contribution in [0.2, 0.25) is 15.1 Å². The zero-order valence-electron chi connectivity index (χ0n) is 8.95. The molecule has 2 aromatic carbocycles. The summed E-state index contributed by atoms with van der Waals surface area (Å²) in [6, 6.07) is 9.55. The van der Waals surface area contributed by atoms with Crippen molar-refractivity contribution in [2.24, 2.45) is 0 Å². The second-order valence-corrected chi connectivity index (χ2v) is 4.87. The van der Waals surface area contributed by atoms with Gasteiger partial charge in [-0.15, -0.1) is 0 Å². The minimum atomic E-state index is -1.02. The molecule has 0 fully saturated rings. The number of benzene rings is 2. The summed E-state index contributed by atoms with van der Waals surface area (Å²) in [4.78, 5) is 10.8. The van der Waals surface area contributed by atoms with Gasteiger partial charge in [0.05, 0.1) is 5.56 Å². The highest BCUT2D eigenvalue weighted by molar-refractivity contribution is 6.38. The molecule has 0 amide bonds. The Morgan fingerprint density at radius 2 is 1.44 bits per heavy atom. The first kappa shape index (κ1) is 13.2. The van der Waals surface area contributed by atoms with Crippen molar-refractivity contribution < 1.29 is 9.90 Å². The largest absolute Gasteiger partial charge is 0.478 e. The van der Waals surface area contributed by atoms with Crippen molar-refractivity contribution in [2.75, 3.05) is 0 Å². The number of hydrogen-bond acceptors (Lipinski definition) is 1. The maximum absolute atomic E-state index is 10.8. The second-order valence-electron chi connectivity index (χ2n) is 3.62. The zero-order chi connectivity index (χ0) is 13.3. The minimum absolute atomic E-state index is 0.133. The summed E-state index contributed by atoms with van der Waals surface area (Å²) < 4.78 is 0. The summed E-state index contributed by atoms with van der Waals surface area (Å²) in [5.41, 5.74) is 1.51. The Kier molecular flexibility index (Phi) is 3.81. The fraction of sp³-hybridized carbons (Fsp3) is 0. The van der Waals surface area contributed by atoms with Crippen LogP contribution in [0.4, 0.5) is 0 Å². The number of carboxylic acids is 1. The Hall–Kier alpha value is -1.22. The zero-order valence-corrected chi connectivity index (χ0v) is 11.2. The van der Waals surface area contributed by atoms with Gasteiger partial charge in [-0.25, -0.2) is 4.79 Å². The number of rotatable bonds is 2. The molecule has 0 aliphatic rings. The predicted molar refractivity (Wildman–Crippen MR) is 73.9 cm³/mol. The highest BCUT2D eigenvalue weighted by Crippen LogP contribution is 2.35. The van der Waals surface area contributed by atoms with E-state index in [0.29, 0.717) is 26.2 Å². The second kappa shape index (κ2) is 5.19. The third-order valence-corrected chi connectivity index (χ3v) is 3.30. The van der Waals surface area contributed by atoms with Gasteiger partial charge in [0.2, 0.25) is 0 Å². The monoisotopic (exact) mass is 300 g/mol. The van der Waals surface area contributed by atoms with Crippen LogP contribution in [0.5, 0.6) is 0 Å². The molecule has 0 saturated heterocycles. The van der Waals surface area contributed by atoms with Gasteiger partial charge in [0.1, 0.15) is 0 Å². The smallest absolute Gasteiger partial charge is 0.335 e. The Bertz CT molecular complexity index is 624. The van der Waals surface area contributed by atoms with Gasteiger partial charge in [0, 0.05) is 26.2 Å². The third kappa shape index (κ3) is 2.61. The molecule has 1 N–H and O–H groups in total. The Labute approximate surface area is 119 Å². The lowest BCUT2D eigenvalue weighted by Crippen LogP contribution is -1.96. The lowest BCUT2D eigenvalue weighted by molar-refractivity contribution is 0.0697. The summed E-state index contributed by atoms with van der Waals surface area (Å²) >= 11 is 18.0. The molecule has 0 saturated carbocycles. The molecule has 0 bridgehead atoms. The van der Waals surface area contributed by atoms with Crippen LogP contribution in [-0.2, 0) is 0 Å². The van der Waals surface area contributed by atoms with Gasteiger partial charge in [-0.1, -0.05) is 46.9 Å². The van der Waals surface area contributed by atoms with Gasteiger partial charge in [0.25, 0.3) is 0 Å². The van der Waals surface area contributed by atoms with Crippen molar-refractivity contribution in [3.05, 3.63) is 57.0 Å². The molecule has 2 rings (SSSR count). The van der Waals surface area contributed by atoms with E-state index in [1.807, 2.05) is 0 Å². The summed E-state index contributed by atoms with van der Waals surface area (Å²) in [6.07, 6.45) is 0. The molecule has 0 aromatic heterocycles. The van der Waals surface area contributed by atoms with E-state index in [-0.39, 0.29) is 5.56 Å². The molecule has 0 spiro atoms. The molecule has 0 heterocycles. The van der Waals surface area contributed by atoms with E-state index < -0.39 is 5.97 Å². The molecule has 5 heteroatoms. The van der Waals surface area contributed by atoms with Crippen molar-refractivity contribution in [1.82, 2.24) is 0 Å². The van der Waals surface area contributed by atoms with Gasteiger partial charge < -0.3 is 5.11 Å². The minimum Gasteiger partial charge on any atom is -0.478 e.